The number of unbranched alkanes of at least 4 members (excludes halogenated alkanes) is 1. The van der Waals surface area contributed by atoms with Crippen molar-refractivity contribution in [1.29, 1.82) is 0 Å². The maximum atomic E-state index is 13.6. The zero-order valence-corrected chi connectivity index (χ0v) is 26.4. The number of esters is 1. The third kappa shape index (κ3) is 14.6. The van der Waals surface area contributed by atoms with Crippen molar-refractivity contribution in [2.75, 3.05) is 13.7 Å². The molecule has 4 amide bonds. The molecule has 12 heteroatoms. The molecule has 6 atom stereocenters. The van der Waals surface area contributed by atoms with Crippen molar-refractivity contribution >= 4 is 29.6 Å². The van der Waals surface area contributed by atoms with Crippen LogP contribution in [-0.2, 0) is 28.7 Å². The van der Waals surface area contributed by atoms with Gasteiger partial charge in [-0.2, -0.15) is 0 Å². The van der Waals surface area contributed by atoms with Gasteiger partial charge in [0.05, 0.1) is 25.2 Å². The number of aliphatic hydroxyl groups is 1. The standard InChI is InChI=1S/C29H55N5O7/c1-16(2)14-21(26(37)31-19(7)29(40)41-9)25(36)23(15-17(3)4)34-27(38)22(12-10-11-13-30)33-28(39)24(18(5)6)32-20(8)35/h16-19,21-25,36H,10-15,30H2,1-9H3,(H,31,37)(H,32,35)(H,33,39)(H,34,38)/t19-,21-,22-,23-,24-,25+/m0/s1. The lowest BCUT2D eigenvalue weighted by atomic mass is 9.84. The zero-order valence-electron chi connectivity index (χ0n) is 26.4. The van der Waals surface area contributed by atoms with Crippen LogP contribution in [0.15, 0.2) is 0 Å². The van der Waals surface area contributed by atoms with Crippen LogP contribution in [0.2, 0.25) is 0 Å². The molecule has 0 aliphatic carbocycles. The highest BCUT2D eigenvalue weighted by Crippen LogP contribution is 2.22. The molecule has 7 N–H and O–H groups in total. The number of carbonyl (C=O) groups is 5. The number of rotatable bonds is 19. The van der Waals surface area contributed by atoms with Gasteiger partial charge in [-0.3, -0.25) is 19.2 Å². The quantitative estimate of drug-likeness (QED) is 0.0956. The molecule has 0 aliphatic rings. The van der Waals surface area contributed by atoms with Crippen molar-refractivity contribution in [1.82, 2.24) is 21.3 Å². The molecule has 0 aromatic rings. The van der Waals surface area contributed by atoms with Gasteiger partial charge >= 0.3 is 5.97 Å². The van der Waals surface area contributed by atoms with Crippen molar-refractivity contribution in [3.05, 3.63) is 0 Å². The van der Waals surface area contributed by atoms with Crippen LogP contribution in [0.25, 0.3) is 0 Å². The molecule has 0 rings (SSSR count). The Labute approximate surface area is 245 Å². The van der Waals surface area contributed by atoms with Gasteiger partial charge in [0, 0.05) is 6.92 Å². The summed E-state index contributed by atoms with van der Waals surface area (Å²) in [7, 11) is 1.22. The average Bonchev–Trinajstić information content (AvgIpc) is 2.87. The Morgan fingerprint density at radius 3 is 1.83 bits per heavy atom. The van der Waals surface area contributed by atoms with Gasteiger partial charge in [-0.1, -0.05) is 41.5 Å². The van der Waals surface area contributed by atoms with Crippen molar-refractivity contribution in [2.24, 2.45) is 29.4 Å². The molecular weight excluding hydrogens is 530 g/mol. The van der Waals surface area contributed by atoms with E-state index in [1.54, 1.807) is 13.8 Å². The molecule has 0 bridgehead atoms. The number of hydrogen-bond donors (Lipinski definition) is 6. The van der Waals surface area contributed by atoms with E-state index in [1.165, 1.54) is 21.0 Å². The monoisotopic (exact) mass is 585 g/mol. The van der Waals surface area contributed by atoms with Crippen LogP contribution in [0, 0.1) is 23.7 Å². The largest absolute Gasteiger partial charge is 0.467 e. The summed E-state index contributed by atoms with van der Waals surface area (Å²) in [6.07, 6.45) is 0.933. The number of aliphatic hydroxyl groups excluding tert-OH is 1. The minimum Gasteiger partial charge on any atom is -0.467 e. The second-order valence-electron chi connectivity index (χ2n) is 12.0. The van der Waals surface area contributed by atoms with Gasteiger partial charge in [-0.25, -0.2) is 4.79 Å². The molecule has 41 heavy (non-hydrogen) atoms. The third-order valence-electron chi connectivity index (χ3n) is 6.74. The van der Waals surface area contributed by atoms with Gasteiger partial charge in [-0.05, 0) is 63.3 Å². The summed E-state index contributed by atoms with van der Waals surface area (Å²) >= 11 is 0. The SMILES string of the molecule is COC(=O)[C@H](C)NC(=O)[C@@H](CC(C)C)[C@@H](O)[C@H](CC(C)C)NC(=O)[C@H](CCCCN)NC(=O)[C@@H](NC(C)=O)C(C)C. The molecule has 0 aromatic heterocycles. The zero-order chi connectivity index (χ0) is 31.9. The predicted octanol–water partition coefficient (Wildman–Crippen LogP) is 0.993. The summed E-state index contributed by atoms with van der Waals surface area (Å²) in [6, 6.07) is -3.49. The second kappa shape index (κ2) is 19.4. The number of carbonyl (C=O) groups excluding carboxylic acids is 5. The minimum absolute atomic E-state index is 0.0364. The van der Waals surface area contributed by atoms with E-state index in [0.717, 1.165) is 0 Å². The normalized spacial score (nSPS) is 15.9. The lowest BCUT2D eigenvalue weighted by Gasteiger charge is -2.33. The topological polar surface area (TPSA) is 189 Å². The fourth-order valence-corrected chi connectivity index (χ4v) is 4.60. The highest BCUT2D eigenvalue weighted by Gasteiger charge is 2.37. The molecular formula is C29H55N5O7. The lowest BCUT2D eigenvalue weighted by Crippen LogP contribution is -2.58. The van der Waals surface area contributed by atoms with E-state index in [1.807, 2.05) is 27.7 Å². The molecule has 0 spiro atoms. The molecule has 0 saturated heterocycles. The molecule has 0 fully saturated rings. The second-order valence-corrected chi connectivity index (χ2v) is 12.0. The highest BCUT2D eigenvalue weighted by atomic mass is 16.5. The van der Waals surface area contributed by atoms with Crippen LogP contribution in [-0.4, -0.2) is 78.6 Å². The van der Waals surface area contributed by atoms with Crippen LogP contribution in [0.5, 0.6) is 0 Å². The molecule has 0 aliphatic heterocycles. The third-order valence-corrected chi connectivity index (χ3v) is 6.74. The van der Waals surface area contributed by atoms with Crippen LogP contribution in [0.4, 0.5) is 0 Å². The predicted molar refractivity (Wildman–Crippen MR) is 157 cm³/mol. The number of ether oxygens (including phenoxy) is 1. The Balaban J connectivity index is 6.08. The summed E-state index contributed by atoms with van der Waals surface area (Å²) < 4.78 is 4.70. The van der Waals surface area contributed by atoms with E-state index in [4.69, 9.17) is 10.5 Å². The van der Waals surface area contributed by atoms with E-state index in [-0.39, 0.29) is 23.7 Å². The van der Waals surface area contributed by atoms with Crippen LogP contribution < -0.4 is 27.0 Å². The van der Waals surface area contributed by atoms with Crippen molar-refractivity contribution in [3.63, 3.8) is 0 Å². The first-order chi connectivity index (χ1) is 19.0. The van der Waals surface area contributed by atoms with Gasteiger partial charge in [0.25, 0.3) is 0 Å². The van der Waals surface area contributed by atoms with Gasteiger partial charge in [0.1, 0.15) is 18.1 Å². The van der Waals surface area contributed by atoms with E-state index in [0.29, 0.717) is 38.6 Å². The number of amides is 4. The molecule has 0 unspecified atom stereocenters. The summed E-state index contributed by atoms with van der Waals surface area (Å²) in [6.45, 7) is 14.5. The summed E-state index contributed by atoms with van der Waals surface area (Å²) in [5, 5.41) is 22.4. The van der Waals surface area contributed by atoms with E-state index in [2.05, 4.69) is 21.3 Å². The molecule has 12 nitrogen and oxygen atoms in total. The van der Waals surface area contributed by atoms with E-state index < -0.39 is 59.9 Å². The van der Waals surface area contributed by atoms with Crippen molar-refractivity contribution in [3.8, 4) is 0 Å². The summed E-state index contributed by atoms with van der Waals surface area (Å²) in [5.41, 5.74) is 5.64. The van der Waals surface area contributed by atoms with Crippen molar-refractivity contribution in [2.45, 2.75) is 118 Å². The fraction of sp³-hybridized carbons (Fsp3) is 0.828. The van der Waals surface area contributed by atoms with Gasteiger partial charge < -0.3 is 36.8 Å². The highest BCUT2D eigenvalue weighted by molar-refractivity contribution is 5.92. The first kappa shape index (κ1) is 38.3. The maximum absolute atomic E-state index is 13.6. The molecule has 0 radical (unpaired) electrons. The Morgan fingerprint density at radius 2 is 1.37 bits per heavy atom. The molecule has 0 saturated carbocycles. The molecule has 238 valence electrons. The van der Waals surface area contributed by atoms with Crippen molar-refractivity contribution < 1.29 is 33.8 Å². The van der Waals surface area contributed by atoms with Gasteiger partial charge in [0.15, 0.2) is 0 Å². The van der Waals surface area contributed by atoms with E-state index in [9.17, 15) is 29.1 Å². The van der Waals surface area contributed by atoms with Gasteiger partial charge in [0.2, 0.25) is 23.6 Å². The maximum Gasteiger partial charge on any atom is 0.328 e. The number of nitrogens with two attached hydrogens (primary N) is 1. The Bertz CT molecular complexity index is 849. The lowest BCUT2D eigenvalue weighted by molar-refractivity contribution is -0.146. The fourth-order valence-electron chi connectivity index (χ4n) is 4.60. The Morgan fingerprint density at radius 1 is 0.780 bits per heavy atom. The van der Waals surface area contributed by atoms with Crippen LogP contribution in [0.1, 0.15) is 87.5 Å². The summed E-state index contributed by atoms with van der Waals surface area (Å²) in [5.74, 6) is -3.52. The van der Waals surface area contributed by atoms with Gasteiger partial charge in [-0.15, -0.1) is 0 Å². The molecule has 0 aromatic carbocycles. The Hall–Kier alpha value is -2.73. The van der Waals surface area contributed by atoms with Crippen LogP contribution >= 0.6 is 0 Å². The molecule has 0 heterocycles. The number of methoxy groups -OCH3 is 1. The first-order valence-electron chi connectivity index (χ1n) is 14.7. The number of hydrogen-bond acceptors (Lipinski definition) is 8. The first-order valence-corrected chi connectivity index (χ1v) is 14.7. The Kier molecular flexibility index (Phi) is 18.1. The van der Waals surface area contributed by atoms with E-state index >= 15 is 0 Å². The number of nitrogens with one attached hydrogen (secondary N) is 4. The van der Waals surface area contributed by atoms with Crippen LogP contribution in [0.3, 0.4) is 0 Å². The summed E-state index contributed by atoms with van der Waals surface area (Å²) in [4.78, 5) is 63.4. The average molecular weight is 586 g/mol. The smallest absolute Gasteiger partial charge is 0.328 e. The minimum atomic E-state index is -1.27.